The molecule has 1 N–H and O–H groups in total. The van der Waals surface area contributed by atoms with E-state index < -0.39 is 0 Å². The number of nitrogens with zero attached hydrogens (tertiary/aromatic N) is 3. The molecular weight excluding hydrogens is 280 g/mol. The lowest BCUT2D eigenvalue weighted by atomic mass is 10.2. The molecule has 1 amide bonds. The minimum absolute atomic E-state index is 0.00377. The molecule has 22 heavy (non-hydrogen) atoms. The summed E-state index contributed by atoms with van der Waals surface area (Å²) in [7, 11) is 3.91. The number of aromatic nitrogens is 2. The van der Waals surface area contributed by atoms with Crippen LogP contribution in [0.25, 0.3) is 5.65 Å². The fraction of sp³-hybridized carbons (Fsp3) is 0.250. The van der Waals surface area contributed by atoms with Crippen LogP contribution < -0.4 is 5.32 Å². The Bertz CT molecular complexity index is 761. The van der Waals surface area contributed by atoms with E-state index in [1.165, 1.54) is 0 Å². The van der Waals surface area contributed by atoms with Crippen molar-refractivity contribution in [3.63, 3.8) is 0 Å². The molecule has 3 aromatic heterocycles. The largest absolute Gasteiger partial charge is 0.468 e. The molecular formula is C16H18N4O2. The Morgan fingerprint density at radius 2 is 2.27 bits per heavy atom. The van der Waals surface area contributed by atoms with Gasteiger partial charge in [0, 0.05) is 25.1 Å². The van der Waals surface area contributed by atoms with Gasteiger partial charge in [0.25, 0.3) is 5.91 Å². The molecule has 3 rings (SSSR count). The molecule has 0 spiro atoms. The number of pyridine rings is 1. The lowest BCUT2D eigenvalue weighted by Crippen LogP contribution is -2.34. The van der Waals surface area contributed by atoms with Crippen LogP contribution in [0.2, 0.25) is 0 Å². The van der Waals surface area contributed by atoms with Crippen LogP contribution in [0.4, 0.5) is 0 Å². The first-order chi connectivity index (χ1) is 10.6. The standard InChI is InChI=1S/C16H18N4O2/c1-19(2)13(14-4-3-9-22-14)10-18-16(21)12-5-6-15-17-7-8-20(15)11-12/h3-9,11,13H,10H2,1-2H3,(H,18,21). The number of carbonyl (C=O) groups is 1. The van der Waals surface area contributed by atoms with Crippen LogP contribution in [0.3, 0.4) is 0 Å². The van der Waals surface area contributed by atoms with Crippen molar-refractivity contribution < 1.29 is 9.21 Å². The highest BCUT2D eigenvalue weighted by Crippen LogP contribution is 2.17. The Kier molecular flexibility index (Phi) is 3.93. The van der Waals surface area contributed by atoms with Crippen LogP contribution in [-0.4, -0.2) is 40.8 Å². The highest BCUT2D eigenvalue weighted by atomic mass is 16.3. The van der Waals surface area contributed by atoms with Crippen molar-refractivity contribution in [2.24, 2.45) is 0 Å². The van der Waals surface area contributed by atoms with E-state index in [1.54, 1.807) is 24.7 Å². The zero-order valence-electron chi connectivity index (χ0n) is 12.6. The van der Waals surface area contributed by atoms with E-state index in [2.05, 4.69) is 10.3 Å². The monoisotopic (exact) mass is 298 g/mol. The molecule has 114 valence electrons. The number of hydrogen-bond acceptors (Lipinski definition) is 4. The summed E-state index contributed by atoms with van der Waals surface area (Å²) in [5, 5.41) is 2.95. The molecule has 0 aliphatic carbocycles. The van der Waals surface area contributed by atoms with Gasteiger partial charge < -0.3 is 14.1 Å². The summed E-state index contributed by atoms with van der Waals surface area (Å²) in [4.78, 5) is 18.5. The fourth-order valence-corrected chi connectivity index (χ4v) is 2.36. The molecule has 0 aliphatic heterocycles. The lowest BCUT2D eigenvalue weighted by molar-refractivity contribution is 0.0938. The number of fused-ring (bicyclic) bond motifs is 1. The summed E-state index contributed by atoms with van der Waals surface area (Å²) in [6, 6.07) is 7.35. The molecule has 1 atom stereocenters. The Morgan fingerprint density at radius 3 is 3.00 bits per heavy atom. The van der Waals surface area contributed by atoms with Crippen LogP contribution in [-0.2, 0) is 0 Å². The number of furan rings is 1. The van der Waals surface area contributed by atoms with Crippen LogP contribution in [0.5, 0.6) is 0 Å². The quantitative estimate of drug-likeness (QED) is 0.782. The molecule has 0 saturated heterocycles. The third-order valence-corrected chi connectivity index (χ3v) is 3.60. The third kappa shape index (κ3) is 2.87. The smallest absolute Gasteiger partial charge is 0.252 e. The van der Waals surface area contributed by atoms with E-state index in [9.17, 15) is 4.79 Å². The van der Waals surface area contributed by atoms with Gasteiger partial charge >= 0.3 is 0 Å². The van der Waals surface area contributed by atoms with Gasteiger partial charge in [-0.3, -0.25) is 9.69 Å². The number of imidazole rings is 1. The number of likely N-dealkylation sites (N-methyl/N-ethyl adjacent to an activating group) is 1. The third-order valence-electron chi connectivity index (χ3n) is 3.60. The van der Waals surface area contributed by atoms with Crippen molar-refractivity contribution >= 4 is 11.6 Å². The van der Waals surface area contributed by atoms with E-state index in [-0.39, 0.29) is 11.9 Å². The van der Waals surface area contributed by atoms with Crippen LogP contribution in [0.1, 0.15) is 22.2 Å². The minimum Gasteiger partial charge on any atom is -0.468 e. The second-order valence-corrected chi connectivity index (χ2v) is 5.32. The zero-order valence-corrected chi connectivity index (χ0v) is 12.6. The molecule has 6 heteroatoms. The van der Waals surface area contributed by atoms with Crippen LogP contribution in [0, 0.1) is 0 Å². The van der Waals surface area contributed by atoms with Gasteiger partial charge in [0.1, 0.15) is 11.4 Å². The van der Waals surface area contributed by atoms with Gasteiger partial charge in [-0.25, -0.2) is 4.98 Å². The summed E-state index contributed by atoms with van der Waals surface area (Å²) in [6.07, 6.45) is 6.93. The first-order valence-corrected chi connectivity index (χ1v) is 7.06. The highest BCUT2D eigenvalue weighted by Gasteiger charge is 2.18. The first-order valence-electron chi connectivity index (χ1n) is 7.06. The van der Waals surface area contributed by atoms with Gasteiger partial charge in [-0.1, -0.05) is 0 Å². The topological polar surface area (TPSA) is 62.8 Å². The molecule has 3 heterocycles. The van der Waals surface area contributed by atoms with E-state index in [0.717, 1.165) is 11.4 Å². The summed E-state index contributed by atoms with van der Waals surface area (Å²) in [6.45, 7) is 0.474. The summed E-state index contributed by atoms with van der Waals surface area (Å²) in [5.41, 5.74) is 1.42. The Labute approximate surface area is 128 Å². The molecule has 6 nitrogen and oxygen atoms in total. The minimum atomic E-state index is -0.117. The van der Waals surface area contributed by atoms with Crippen LogP contribution in [0.15, 0.2) is 53.5 Å². The molecule has 0 aromatic carbocycles. The van der Waals surface area contributed by atoms with Gasteiger partial charge in [0.05, 0.1) is 17.9 Å². The van der Waals surface area contributed by atoms with Gasteiger partial charge in [0.2, 0.25) is 0 Å². The maximum Gasteiger partial charge on any atom is 0.252 e. The van der Waals surface area contributed by atoms with Crippen molar-refractivity contribution in [2.45, 2.75) is 6.04 Å². The van der Waals surface area contributed by atoms with E-state index in [1.807, 2.05) is 47.8 Å². The SMILES string of the molecule is CN(C)C(CNC(=O)c1ccc2nccn2c1)c1ccco1. The fourth-order valence-electron chi connectivity index (χ4n) is 2.36. The molecule has 0 fully saturated rings. The molecule has 0 aliphatic rings. The number of hydrogen-bond donors (Lipinski definition) is 1. The molecule has 3 aromatic rings. The predicted molar refractivity (Wildman–Crippen MR) is 82.7 cm³/mol. The van der Waals surface area contributed by atoms with Gasteiger partial charge in [0.15, 0.2) is 0 Å². The van der Waals surface area contributed by atoms with Crippen LogP contribution >= 0.6 is 0 Å². The lowest BCUT2D eigenvalue weighted by Gasteiger charge is -2.22. The van der Waals surface area contributed by atoms with E-state index in [0.29, 0.717) is 12.1 Å². The highest BCUT2D eigenvalue weighted by molar-refractivity contribution is 5.94. The summed E-state index contributed by atoms with van der Waals surface area (Å²) < 4.78 is 7.26. The summed E-state index contributed by atoms with van der Waals surface area (Å²) in [5.74, 6) is 0.712. The average molecular weight is 298 g/mol. The predicted octanol–water partition coefficient (Wildman–Crippen LogP) is 1.96. The average Bonchev–Trinajstić information content (AvgIpc) is 3.17. The van der Waals surface area contributed by atoms with Crippen molar-refractivity contribution in [3.8, 4) is 0 Å². The van der Waals surface area contributed by atoms with Crippen molar-refractivity contribution in [3.05, 3.63) is 60.4 Å². The molecule has 0 bridgehead atoms. The van der Waals surface area contributed by atoms with Crippen molar-refractivity contribution in [1.82, 2.24) is 19.6 Å². The second kappa shape index (κ2) is 6.03. The molecule has 1 unspecified atom stereocenters. The first kappa shape index (κ1) is 14.3. The van der Waals surface area contributed by atoms with Gasteiger partial charge in [-0.05, 0) is 38.4 Å². The normalized spacial score (nSPS) is 12.7. The summed E-state index contributed by atoms with van der Waals surface area (Å²) >= 11 is 0. The maximum absolute atomic E-state index is 12.3. The maximum atomic E-state index is 12.3. The van der Waals surface area contributed by atoms with E-state index in [4.69, 9.17) is 4.42 Å². The van der Waals surface area contributed by atoms with Crippen molar-refractivity contribution in [1.29, 1.82) is 0 Å². The zero-order chi connectivity index (χ0) is 15.5. The Hall–Kier alpha value is -2.60. The number of nitrogens with one attached hydrogen (secondary N) is 1. The number of carbonyl (C=O) groups excluding carboxylic acids is 1. The number of amides is 1. The van der Waals surface area contributed by atoms with Crippen molar-refractivity contribution in [2.75, 3.05) is 20.6 Å². The van der Waals surface area contributed by atoms with E-state index >= 15 is 0 Å². The van der Waals surface area contributed by atoms with Gasteiger partial charge in [-0.15, -0.1) is 0 Å². The Morgan fingerprint density at radius 1 is 1.41 bits per heavy atom. The van der Waals surface area contributed by atoms with Gasteiger partial charge in [-0.2, -0.15) is 0 Å². The Balaban J connectivity index is 1.70. The second-order valence-electron chi connectivity index (χ2n) is 5.32. The molecule has 0 saturated carbocycles. The number of rotatable bonds is 5. The molecule has 0 radical (unpaired) electrons.